The molecule has 208 valence electrons. The molecule has 0 saturated carbocycles. The summed E-state index contributed by atoms with van der Waals surface area (Å²) in [6.45, 7) is 2.87. The van der Waals surface area contributed by atoms with Crippen molar-refractivity contribution in [2.45, 2.75) is 45.1 Å². The molecule has 0 unspecified atom stereocenters. The third-order valence-electron chi connectivity index (χ3n) is 6.95. The standard InChI is InChI=1S/C30H30Cl2N4O4/c1-19-25(16-36-18-34-27(31)28(36)32)39-29(40-26(19)22-12-10-21(17-37)11-13-22)23-8-5-9-24(14-23)35-30(38)33-15-20-6-3-2-4-7-20/h2-14,18-19,25-26,29,37H,15-17H2,1H3,(H2,33,35,38)/t19-,25+,26+,29+/m0/s1. The molecule has 8 nitrogen and oxygen atoms in total. The summed E-state index contributed by atoms with van der Waals surface area (Å²) in [5, 5.41) is 15.8. The number of rotatable bonds is 8. The SMILES string of the molecule is C[C@H]1[C@@H](Cn2cnc(Cl)c2Cl)O[C@@H](c2cccc(NC(=O)NCc3ccccc3)c2)O[C@H]1c1ccc(CO)cc1. The Balaban J connectivity index is 1.35. The zero-order chi connectivity index (χ0) is 28.1. The lowest BCUT2D eigenvalue weighted by molar-refractivity contribution is -0.276. The highest BCUT2D eigenvalue weighted by Gasteiger charge is 2.39. The van der Waals surface area contributed by atoms with Gasteiger partial charge in [-0.2, -0.15) is 0 Å². The van der Waals surface area contributed by atoms with Gasteiger partial charge >= 0.3 is 6.03 Å². The van der Waals surface area contributed by atoms with Gasteiger partial charge in [0.05, 0.1) is 31.7 Å². The topological polar surface area (TPSA) is 97.6 Å². The summed E-state index contributed by atoms with van der Waals surface area (Å²) in [7, 11) is 0. The highest BCUT2D eigenvalue weighted by atomic mass is 35.5. The molecular formula is C30H30Cl2N4O4. The Labute approximate surface area is 242 Å². The van der Waals surface area contributed by atoms with E-state index in [2.05, 4.69) is 22.5 Å². The van der Waals surface area contributed by atoms with E-state index in [-0.39, 0.29) is 35.9 Å². The van der Waals surface area contributed by atoms with E-state index in [1.165, 1.54) is 0 Å². The smallest absolute Gasteiger partial charge is 0.319 e. The first-order valence-electron chi connectivity index (χ1n) is 13.0. The molecule has 1 aliphatic heterocycles. The van der Waals surface area contributed by atoms with E-state index in [9.17, 15) is 9.90 Å². The number of halogens is 2. The number of hydrogen-bond acceptors (Lipinski definition) is 5. The van der Waals surface area contributed by atoms with Crippen LogP contribution in [0.5, 0.6) is 0 Å². The quantitative estimate of drug-likeness (QED) is 0.221. The van der Waals surface area contributed by atoms with Crippen LogP contribution in [-0.4, -0.2) is 26.8 Å². The molecule has 0 bridgehead atoms. The fourth-order valence-electron chi connectivity index (χ4n) is 4.71. The predicted molar refractivity (Wildman–Crippen MR) is 154 cm³/mol. The molecule has 4 aromatic rings. The van der Waals surface area contributed by atoms with Crippen LogP contribution in [0.4, 0.5) is 10.5 Å². The number of aliphatic hydroxyl groups excluding tert-OH is 1. The second-order valence-corrected chi connectivity index (χ2v) is 10.4. The van der Waals surface area contributed by atoms with Crippen LogP contribution in [0.1, 0.15) is 41.6 Å². The second-order valence-electron chi connectivity index (χ2n) is 9.72. The summed E-state index contributed by atoms with van der Waals surface area (Å²) < 4.78 is 14.7. The van der Waals surface area contributed by atoms with Gasteiger partial charge in [-0.05, 0) is 28.8 Å². The number of amides is 2. The molecular weight excluding hydrogens is 551 g/mol. The number of aromatic nitrogens is 2. The number of imidazole rings is 1. The van der Waals surface area contributed by atoms with Crippen molar-refractivity contribution in [1.82, 2.24) is 14.9 Å². The van der Waals surface area contributed by atoms with Crippen molar-refractivity contribution < 1.29 is 19.4 Å². The Kier molecular flexibility index (Phi) is 9.04. The molecule has 1 aromatic heterocycles. The Morgan fingerprint density at radius 2 is 1.75 bits per heavy atom. The van der Waals surface area contributed by atoms with Crippen molar-refractivity contribution in [1.29, 1.82) is 0 Å². The van der Waals surface area contributed by atoms with E-state index >= 15 is 0 Å². The third-order valence-corrected chi connectivity index (χ3v) is 7.71. The van der Waals surface area contributed by atoms with Crippen LogP contribution in [0.15, 0.2) is 85.2 Å². The first-order chi connectivity index (χ1) is 19.4. The fourth-order valence-corrected chi connectivity index (χ4v) is 5.02. The predicted octanol–water partition coefficient (Wildman–Crippen LogP) is 6.50. The van der Waals surface area contributed by atoms with Crippen molar-refractivity contribution in [2.24, 2.45) is 5.92 Å². The van der Waals surface area contributed by atoms with E-state index in [0.29, 0.717) is 23.9 Å². The van der Waals surface area contributed by atoms with E-state index in [4.69, 9.17) is 32.7 Å². The van der Waals surface area contributed by atoms with Gasteiger partial charge in [-0.3, -0.25) is 0 Å². The molecule has 3 aromatic carbocycles. The van der Waals surface area contributed by atoms with Crippen molar-refractivity contribution in [3.05, 3.63) is 118 Å². The van der Waals surface area contributed by atoms with E-state index < -0.39 is 6.29 Å². The van der Waals surface area contributed by atoms with E-state index in [0.717, 1.165) is 22.3 Å². The maximum absolute atomic E-state index is 12.6. The van der Waals surface area contributed by atoms with Gasteiger partial charge in [-0.15, -0.1) is 0 Å². The first-order valence-corrected chi connectivity index (χ1v) is 13.7. The monoisotopic (exact) mass is 580 g/mol. The summed E-state index contributed by atoms with van der Waals surface area (Å²) >= 11 is 12.4. The van der Waals surface area contributed by atoms with Crippen molar-refractivity contribution in [3.63, 3.8) is 0 Å². The van der Waals surface area contributed by atoms with Crippen LogP contribution in [0.2, 0.25) is 10.3 Å². The Morgan fingerprint density at radius 3 is 2.45 bits per heavy atom. The van der Waals surface area contributed by atoms with Crippen molar-refractivity contribution in [2.75, 3.05) is 5.32 Å². The normalized spacial score (nSPS) is 20.7. The average Bonchev–Trinajstić information content (AvgIpc) is 3.30. The van der Waals surface area contributed by atoms with Crippen LogP contribution in [-0.2, 0) is 29.2 Å². The number of ether oxygens (including phenoxy) is 2. The molecule has 5 rings (SSSR count). The van der Waals surface area contributed by atoms with Gasteiger partial charge in [-0.1, -0.05) is 96.9 Å². The fraction of sp³-hybridized carbons (Fsp3) is 0.267. The van der Waals surface area contributed by atoms with Gasteiger partial charge in [0.15, 0.2) is 11.4 Å². The molecule has 0 aliphatic carbocycles. The second kappa shape index (κ2) is 12.8. The number of aliphatic hydroxyl groups is 1. The number of nitrogens with zero attached hydrogens (tertiary/aromatic N) is 2. The zero-order valence-corrected chi connectivity index (χ0v) is 23.3. The lowest BCUT2D eigenvalue weighted by Crippen LogP contribution is -2.39. The Morgan fingerprint density at radius 1 is 0.975 bits per heavy atom. The molecule has 40 heavy (non-hydrogen) atoms. The molecule has 2 heterocycles. The highest BCUT2D eigenvalue weighted by molar-refractivity contribution is 6.40. The van der Waals surface area contributed by atoms with Crippen LogP contribution in [0, 0.1) is 5.92 Å². The Bertz CT molecular complexity index is 1430. The molecule has 4 atom stereocenters. The number of benzene rings is 3. The highest BCUT2D eigenvalue weighted by Crippen LogP contribution is 2.42. The minimum absolute atomic E-state index is 0.0334. The lowest BCUT2D eigenvalue weighted by atomic mass is 9.90. The molecule has 1 aliphatic rings. The number of nitrogens with one attached hydrogen (secondary N) is 2. The number of urea groups is 1. The van der Waals surface area contributed by atoms with Crippen LogP contribution in [0.3, 0.4) is 0 Å². The average molecular weight is 582 g/mol. The van der Waals surface area contributed by atoms with Gasteiger partial charge in [0.25, 0.3) is 0 Å². The molecule has 1 fully saturated rings. The number of anilines is 1. The molecule has 3 N–H and O–H groups in total. The largest absolute Gasteiger partial charge is 0.392 e. The molecule has 0 radical (unpaired) electrons. The molecule has 0 spiro atoms. The van der Waals surface area contributed by atoms with Crippen molar-refractivity contribution in [3.8, 4) is 0 Å². The number of hydrogen-bond donors (Lipinski definition) is 3. The maximum Gasteiger partial charge on any atom is 0.319 e. The third kappa shape index (κ3) is 6.66. The van der Waals surface area contributed by atoms with Crippen LogP contribution in [0.25, 0.3) is 0 Å². The van der Waals surface area contributed by atoms with Gasteiger partial charge < -0.3 is 29.8 Å². The maximum atomic E-state index is 12.6. The van der Waals surface area contributed by atoms with Crippen LogP contribution >= 0.6 is 23.2 Å². The van der Waals surface area contributed by atoms with E-state index in [1.807, 2.05) is 78.9 Å². The van der Waals surface area contributed by atoms with Gasteiger partial charge in [0, 0.05) is 23.7 Å². The van der Waals surface area contributed by atoms with Gasteiger partial charge in [0.1, 0.15) is 5.15 Å². The summed E-state index contributed by atoms with van der Waals surface area (Å²) in [6.07, 6.45) is 0.278. The number of carbonyl (C=O) groups excluding carboxylic acids is 1. The summed E-state index contributed by atoms with van der Waals surface area (Å²) in [6, 6.07) is 24.5. The van der Waals surface area contributed by atoms with Gasteiger partial charge in [-0.25, -0.2) is 9.78 Å². The van der Waals surface area contributed by atoms with Crippen molar-refractivity contribution >= 4 is 34.9 Å². The minimum atomic E-state index is -0.712. The molecule has 1 saturated heterocycles. The van der Waals surface area contributed by atoms with Gasteiger partial charge in [0.2, 0.25) is 0 Å². The summed E-state index contributed by atoms with van der Waals surface area (Å²) in [5.41, 5.74) is 4.16. The Hall–Kier alpha value is -3.40. The number of carbonyl (C=O) groups is 1. The van der Waals surface area contributed by atoms with Crippen LogP contribution < -0.4 is 10.6 Å². The zero-order valence-electron chi connectivity index (χ0n) is 21.8. The lowest BCUT2D eigenvalue weighted by Gasteiger charge is -2.41. The summed E-state index contributed by atoms with van der Waals surface area (Å²) in [5.74, 6) is -0.0569. The molecule has 2 amide bonds. The summed E-state index contributed by atoms with van der Waals surface area (Å²) in [4.78, 5) is 16.7. The minimum Gasteiger partial charge on any atom is -0.392 e. The van der Waals surface area contributed by atoms with E-state index in [1.54, 1.807) is 10.9 Å². The first kappa shape index (κ1) is 28.1. The molecule has 10 heteroatoms.